The molecule has 0 fully saturated rings. The third kappa shape index (κ3) is 5.59. The second-order valence-corrected chi connectivity index (χ2v) is 7.36. The summed E-state index contributed by atoms with van der Waals surface area (Å²) in [5.74, 6) is 0.478. The van der Waals surface area contributed by atoms with Gasteiger partial charge in [0.1, 0.15) is 0 Å². The summed E-state index contributed by atoms with van der Waals surface area (Å²) in [7, 11) is 0. The van der Waals surface area contributed by atoms with Gasteiger partial charge in [-0.25, -0.2) is 0 Å². The van der Waals surface area contributed by atoms with E-state index in [1.54, 1.807) is 0 Å². The summed E-state index contributed by atoms with van der Waals surface area (Å²) in [6, 6.07) is 39.3. The van der Waals surface area contributed by atoms with E-state index < -0.39 is 0 Å². The molecule has 1 N–H and O–H groups in total. The molecular weight excluding hydrogens is 366 g/mol. The number of para-hydroxylation sites is 3. The highest BCUT2D eigenvalue weighted by Gasteiger charge is 2.16. The predicted octanol–water partition coefficient (Wildman–Crippen LogP) is 7.46. The summed E-state index contributed by atoms with van der Waals surface area (Å²) in [5.41, 5.74) is 5.93. The highest BCUT2D eigenvalue weighted by molar-refractivity contribution is 5.78. The zero-order valence-corrected chi connectivity index (χ0v) is 17.6. The molecule has 0 heterocycles. The van der Waals surface area contributed by atoms with Crippen LogP contribution in [-0.2, 0) is 6.61 Å². The Kier molecular flexibility index (Phi) is 7.82. The molecule has 0 amide bonds. The van der Waals surface area contributed by atoms with Crippen LogP contribution in [0.25, 0.3) is 0 Å². The molecule has 4 rings (SSSR count). The van der Waals surface area contributed by atoms with E-state index in [-0.39, 0.29) is 6.61 Å². The molecular formula is C28H29NO. The molecule has 0 bridgehead atoms. The molecule has 0 radical (unpaired) electrons. The number of aliphatic hydroxyl groups is 1. The molecule has 0 saturated carbocycles. The Morgan fingerprint density at radius 3 is 1.47 bits per heavy atom. The van der Waals surface area contributed by atoms with Crippen LogP contribution in [0.15, 0.2) is 115 Å². The largest absolute Gasteiger partial charge is 0.392 e. The monoisotopic (exact) mass is 395 g/mol. The van der Waals surface area contributed by atoms with E-state index in [9.17, 15) is 0 Å². The average molecular weight is 396 g/mol. The minimum atomic E-state index is 0.140. The molecule has 30 heavy (non-hydrogen) atoms. The molecule has 0 atom stereocenters. The summed E-state index contributed by atoms with van der Waals surface area (Å²) in [4.78, 5) is 2.33. The Labute approximate surface area is 180 Å². The van der Waals surface area contributed by atoms with Crippen molar-refractivity contribution in [2.45, 2.75) is 26.4 Å². The first-order valence-corrected chi connectivity index (χ1v) is 10.3. The maximum atomic E-state index is 8.54. The van der Waals surface area contributed by atoms with Gasteiger partial charge in [0.25, 0.3) is 0 Å². The first kappa shape index (κ1) is 21.4. The van der Waals surface area contributed by atoms with Crippen LogP contribution in [0.4, 0.5) is 17.1 Å². The molecule has 2 heteroatoms. The van der Waals surface area contributed by atoms with Crippen molar-refractivity contribution in [3.05, 3.63) is 126 Å². The number of aliphatic hydroxyl groups excluding tert-OH is 1. The third-order valence-corrected chi connectivity index (χ3v) is 4.85. The van der Waals surface area contributed by atoms with Crippen LogP contribution in [0.2, 0.25) is 0 Å². The van der Waals surface area contributed by atoms with Crippen LogP contribution in [0.5, 0.6) is 0 Å². The normalized spacial score (nSPS) is 10.3. The van der Waals surface area contributed by atoms with E-state index in [4.69, 9.17) is 5.11 Å². The van der Waals surface area contributed by atoms with Gasteiger partial charge in [-0.2, -0.15) is 0 Å². The van der Waals surface area contributed by atoms with E-state index >= 15 is 0 Å². The smallest absolute Gasteiger partial charge is 0.0681 e. The van der Waals surface area contributed by atoms with Crippen molar-refractivity contribution in [3.63, 3.8) is 0 Å². The Balaban J connectivity index is 0.000000269. The quantitative estimate of drug-likeness (QED) is 0.379. The first-order valence-electron chi connectivity index (χ1n) is 10.3. The van der Waals surface area contributed by atoms with Gasteiger partial charge in [0.15, 0.2) is 0 Å². The van der Waals surface area contributed by atoms with Crippen LogP contribution in [-0.4, -0.2) is 5.11 Å². The summed E-state index contributed by atoms with van der Waals surface area (Å²) >= 11 is 0. The van der Waals surface area contributed by atoms with Gasteiger partial charge in [0.05, 0.1) is 6.61 Å². The fourth-order valence-electron chi connectivity index (χ4n) is 3.34. The molecule has 2 nitrogen and oxygen atoms in total. The lowest BCUT2D eigenvalue weighted by atomic mass is 9.99. The standard InChI is InChI=1S/C21H21N.C7H8O/c1-17(2)20-15-9-10-16-21(20)22(18-11-5-3-6-12-18)19-13-7-4-8-14-19;8-6-7-4-2-1-3-5-7/h3-17H,1-2H3;1-5,8H,6H2. The van der Waals surface area contributed by atoms with Crippen LogP contribution < -0.4 is 4.90 Å². The van der Waals surface area contributed by atoms with Crippen molar-refractivity contribution in [3.8, 4) is 0 Å². The summed E-state index contributed by atoms with van der Waals surface area (Å²) < 4.78 is 0. The molecule has 152 valence electrons. The number of hydrogen-bond donors (Lipinski definition) is 1. The first-order chi connectivity index (χ1) is 14.7. The van der Waals surface area contributed by atoms with Gasteiger partial charge in [0.2, 0.25) is 0 Å². The highest BCUT2D eigenvalue weighted by atomic mass is 16.3. The van der Waals surface area contributed by atoms with Gasteiger partial charge in [-0.05, 0) is 47.4 Å². The molecule has 0 aliphatic heterocycles. The van der Waals surface area contributed by atoms with E-state index in [1.807, 2.05) is 30.3 Å². The van der Waals surface area contributed by atoms with E-state index in [0.29, 0.717) is 5.92 Å². The SMILES string of the molecule is CC(C)c1ccccc1N(c1ccccc1)c1ccccc1.OCc1ccccc1. The molecule has 0 saturated heterocycles. The molecule has 4 aromatic carbocycles. The predicted molar refractivity (Wildman–Crippen MR) is 128 cm³/mol. The molecule has 0 spiro atoms. The van der Waals surface area contributed by atoms with Crippen LogP contribution in [0.3, 0.4) is 0 Å². The second-order valence-electron chi connectivity index (χ2n) is 7.36. The minimum Gasteiger partial charge on any atom is -0.392 e. The lowest BCUT2D eigenvalue weighted by molar-refractivity contribution is 0.282. The van der Waals surface area contributed by atoms with Crippen molar-refractivity contribution in [2.24, 2.45) is 0 Å². The fourth-order valence-corrected chi connectivity index (χ4v) is 3.34. The minimum absolute atomic E-state index is 0.140. The van der Waals surface area contributed by atoms with Gasteiger partial charge in [0, 0.05) is 17.1 Å². The van der Waals surface area contributed by atoms with Crippen molar-refractivity contribution in [2.75, 3.05) is 4.90 Å². The van der Waals surface area contributed by atoms with Gasteiger partial charge in [-0.3, -0.25) is 0 Å². The molecule has 0 unspecified atom stereocenters. The lowest BCUT2D eigenvalue weighted by Crippen LogP contribution is -2.12. The highest BCUT2D eigenvalue weighted by Crippen LogP contribution is 2.38. The zero-order valence-electron chi connectivity index (χ0n) is 17.6. The van der Waals surface area contributed by atoms with Crippen molar-refractivity contribution < 1.29 is 5.11 Å². The Morgan fingerprint density at radius 1 is 0.600 bits per heavy atom. The Bertz CT molecular complexity index is 959. The van der Waals surface area contributed by atoms with Gasteiger partial charge >= 0.3 is 0 Å². The average Bonchev–Trinajstić information content (AvgIpc) is 2.82. The van der Waals surface area contributed by atoms with Crippen molar-refractivity contribution in [1.82, 2.24) is 0 Å². The van der Waals surface area contributed by atoms with Crippen LogP contribution in [0, 0.1) is 0 Å². The fraction of sp³-hybridized carbons (Fsp3) is 0.143. The number of nitrogens with zero attached hydrogens (tertiary/aromatic N) is 1. The number of rotatable bonds is 5. The number of hydrogen-bond acceptors (Lipinski definition) is 2. The maximum absolute atomic E-state index is 8.54. The second kappa shape index (κ2) is 11.0. The van der Waals surface area contributed by atoms with Crippen molar-refractivity contribution >= 4 is 17.1 Å². The van der Waals surface area contributed by atoms with E-state index in [0.717, 1.165) is 5.56 Å². The van der Waals surface area contributed by atoms with Gasteiger partial charge in [-0.15, -0.1) is 0 Å². The maximum Gasteiger partial charge on any atom is 0.0681 e. The summed E-state index contributed by atoms with van der Waals surface area (Å²) in [5, 5.41) is 8.54. The van der Waals surface area contributed by atoms with E-state index in [2.05, 4.69) is 104 Å². The molecule has 0 aliphatic carbocycles. The summed E-state index contributed by atoms with van der Waals surface area (Å²) in [6.45, 7) is 4.63. The van der Waals surface area contributed by atoms with Gasteiger partial charge in [-0.1, -0.05) is 98.8 Å². The molecule has 0 aromatic heterocycles. The Morgan fingerprint density at radius 2 is 1.03 bits per heavy atom. The summed E-state index contributed by atoms with van der Waals surface area (Å²) in [6.07, 6.45) is 0. The van der Waals surface area contributed by atoms with Crippen molar-refractivity contribution in [1.29, 1.82) is 0 Å². The van der Waals surface area contributed by atoms with Crippen LogP contribution >= 0.6 is 0 Å². The van der Waals surface area contributed by atoms with Gasteiger partial charge < -0.3 is 10.0 Å². The lowest BCUT2D eigenvalue weighted by Gasteiger charge is -2.28. The molecule has 4 aromatic rings. The molecule has 0 aliphatic rings. The Hall–Kier alpha value is -3.36. The number of benzene rings is 4. The third-order valence-electron chi connectivity index (χ3n) is 4.85. The topological polar surface area (TPSA) is 23.5 Å². The zero-order chi connectivity index (χ0) is 21.2. The van der Waals surface area contributed by atoms with Crippen LogP contribution in [0.1, 0.15) is 30.9 Å². The van der Waals surface area contributed by atoms with E-state index in [1.165, 1.54) is 22.6 Å². The number of anilines is 3.